The molecule has 0 bridgehead atoms. The van der Waals surface area contributed by atoms with Gasteiger partial charge in [0.15, 0.2) is 0 Å². The summed E-state index contributed by atoms with van der Waals surface area (Å²) >= 11 is 0. The molecule has 0 N–H and O–H groups in total. The molecule has 0 radical (unpaired) electrons. The summed E-state index contributed by atoms with van der Waals surface area (Å²) in [6, 6.07) is 0. The van der Waals surface area contributed by atoms with Gasteiger partial charge in [-0.3, -0.25) is 0 Å². The van der Waals surface area contributed by atoms with Crippen LogP contribution < -0.4 is 0 Å². The summed E-state index contributed by atoms with van der Waals surface area (Å²) in [4.78, 5) is 0. The molecule has 0 amide bonds. The van der Waals surface area contributed by atoms with Gasteiger partial charge in [-0.1, -0.05) is 13.8 Å². The van der Waals surface area contributed by atoms with Crippen molar-refractivity contribution in [2.75, 3.05) is 0 Å². The highest BCUT2D eigenvalue weighted by Crippen LogP contribution is 2.17. The van der Waals surface area contributed by atoms with Crippen molar-refractivity contribution < 1.29 is 9.87 Å². The molecule has 44 valence electrons. The molecule has 7 heavy (non-hydrogen) atoms. The summed E-state index contributed by atoms with van der Waals surface area (Å²) in [5.74, 6) is 0. The van der Waals surface area contributed by atoms with Crippen LogP contribution in [0.4, 0.5) is 4.39 Å². The van der Waals surface area contributed by atoms with E-state index in [0.29, 0.717) is 0 Å². The van der Waals surface area contributed by atoms with E-state index in [4.69, 9.17) is 5.48 Å². The minimum absolute atomic E-state index is 0.938. The molecule has 1 heteroatoms. The first-order valence-electron chi connectivity index (χ1n) is 4.19. The number of rotatable bonds is 2. The molecular formula is C6H13F. The Labute approximate surface area is 50.3 Å². The molecule has 0 aromatic carbocycles. The minimum atomic E-state index is -2.46. The lowest BCUT2D eigenvalue weighted by molar-refractivity contribution is 0.177. The molecule has 0 rings (SSSR count). The molecule has 0 aliphatic carbocycles. The van der Waals surface area contributed by atoms with Crippen LogP contribution in [-0.2, 0) is 0 Å². The Morgan fingerprint density at radius 1 is 1.57 bits per heavy atom. The summed E-state index contributed by atoms with van der Waals surface area (Å²) in [7, 11) is 0. The van der Waals surface area contributed by atoms with Gasteiger partial charge in [-0.05, 0) is 19.7 Å². The van der Waals surface area contributed by atoms with E-state index in [9.17, 15) is 4.39 Å². The van der Waals surface area contributed by atoms with E-state index in [1.165, 1.54) is 0 Å². The van der Waals surface area contributed by atoms with Crippen molar-refractivity contribution in [3.8, 4) is 0 Å². The zero-order valence-corrected chi connectivity index (χ0v) is 4.88. The molecule has 0 spiro atoms. The Morgan fingerprint density at radius 2 is 1.86 bits per heavy atom. The Bertz CT molecular complexity index is 126. The fourth-order valence-electron chi connectivity index (χ4n) is 0.125. The molecule has 0 aliphatic rings. The minimum Gasteiger partial charge on any atom is -0.244 e. The molecule has 0 unspecified atom stereocenters. The maximum absolute atomic E-state index is 13.4. The smallest absolute Gasteiger partial charge is 0.107 e. The zero-order valence-electron chi connectivity index (χ0n) is 8.88. The number of hydrogen-bond donors (Lipinski definition) is 0. The van der Waals surface area contributed by atoms with Crippen LogP contribution in [0.25, 0.3) is 0 Å². The highest BCUT2D eigenvalue weighted by Gasteiger charge is 2.15. The topological polar surface area (TPSA) is 0 Å². The quantitative estimate of drug-likeness (QED) is 0.510. The monoisotopic (exact) mass is 108 g/mol. The van der Waals surface area contributed by atoms with Gasteiger partial charge in [-0.2, -0.15) is 0 Å². The Kier molecular flexibility index (Phi) is 0.809. The van der Waals surface area contributed by atoms with Crippen molar-refractivity contribution in [3.63, 3.8) is 0 Å². The standard InChI is InChI=1S/C6H13F/c1-4-6(3,7)5-2/h4-5H2,1-3H3/i4D2,5D2. The van der Waals surface area contributed by atoms with E-state index in [1.54, 1.807) is 0 Å². The molecule has 0 aromatic heterocycles. The van der Waals surface area contributed by atoms with E-state index < -0.39 is 18.4 Å². The second-order valence-electron chi connectivity index (χ2n) is 1.50. The summed E-state index contributed by atoms with van der Waals surface area (Å²) in [5, 5.41) is 0. The second-order valence-corrected chi connectivity index (χ2v) is 1.50. The SMILES string of the molecule is [2H]C([2H])(C)C(C)(F)C([2H])([2H])C. The van der Waals surface area contributed by atoms with E-state index in [-0.39, 0.29) is 0 Å². The van der Waals surface area contributed by atoms with Crippen LogP contribution in [0.1, 0.15) is 39.0 Å². The van der Waals surface area contributed by atoms with Gasteiger partial charge in [-0.15, -0.1) is 0 Å². The lowest BCUT2D eigenvalue weighted by Crippen LogP contribution is -2.13. The molecule has 0 saturated carbocycles. The van der Waals surface area contributed by atoms with E-state index in [2.05, 4.69) is 0 Å². The average Bonchev–Trinajstić information content (AvgIpc) is 1.58. The Morgan fingerprint density at radius 3 is 1.86 bits per heavy atom. The van der Waals surface area contributed by atoms with Gasteiger partial charge >= 0.3 is 0 Å². The lowest BCUT2D eigenvalue weighted by atomic mass is 10.0. The molecule has 0 saturated heterocycles. The second kappa shape index (κ2) is 2.29. The van der Waals surface area contributed by atoms with Crippen LogP contribution >= 0.6 is 0 Å². The molecule has 0 atom stereocenters. The van der Waals surface area contributed by atoms with Gasteiger partial charge in [0.05, 0.1) is 0 Å². The molecule has 0 aromatic rings. The number of hydrogen-bond acceptors (Lipinski definition) is 0. The van der Waals surface area contributed by atoms with Crippen LogP contribution in [0.3, 0.4) is 0 Å². The lowest BCUT2D eigenvalue weighted by Gasteiger charge is -2.13. The van der Waals surface area contributed by atoms with Gasteiger partial charge in [0.1, 0.15) is 5.67 Å². The van der Waals surface area contributed by atoms with Crippen LogP contribution in [-0.4, -0.2) is 5.67 Å². The van der Waals surface area contributed by atoms with Crippen molar-refractivity contribution in [1.82, 2.24) is 0 Å². The van der Waals surface area contributed by atoms with Crippen LogP contribution in [0.15, 0.2) is 0 Å². The molecule has 0 heterocycles. The third-order valence-electron chi connectivity index (χ3n) is 0.939. The van der Waals surface area contributed by atoms with Crippen molar-refractivity contribution in [3.05, 3.63) is 0 Å². The van der Waals surface area contributed by atoms with Crippen LogP contribution in [0.2, 0.25) is 0 Å². The van der Waals surface area contributed by atoms with Crippen LogP contribution in [0.5, 0.6) is 0 Å². The van der Waals surface area contributed by atoms with Crippen LogP contribution in [0, 0.1) is 0 Å². The highest BCUT2D eigenvalue weighted by atomic mass is 19.1. The predicted molar refractivity (Wildman–Crippen MR) is 30.1 cm³/mol. The summed E-state index contributed by atoms with van der Waals surface area (Å²) < 4.78 is 41.5. The third kappa shape index (κ3) is 2.60. The van der Waals surface area contributed by atoms with Gasteiger partial charge in [0.2, 0.25) is 0 Å². The Balaban J connectivity index is 4.75. The fourth-order valence-corrected chi connectivity index (χ4v) is 0.125. The normalized spacial score (nSPS) is 24.6. The largest absolute Gasteiger partial charge is 0.244 e. The highest BCUT2D eigenvalue weighted by molar-refractivity contribution is 4.66. The van der Waals surface area contributed by atoms with Crippen molar-refractivity contribution in [2.45, 2.75) is 39.2 Å². The van der Waals surface area contributed by atoms with Gasteiger partial charge in [0, 0.05) is 5.48 Å². The molecular weight excluding hydrogens is 91.1 g/mol. The number of alkyl halides is 1. The van der Waals surface area contributed by atoms with Crippen molar-refractivity contribution in [2.24, 2.45) is 0 Å². The van der Waals surface area contributed by atoms with E-state index in [1.807, 2.05) is 0 Å². The van der Waals surface area contributed by atoms with Crippen molar-refractivity contribution >= 4 is 0 Å². The fraction of sp³-hybridized carbons (Fsp3) is 1.00. The first-order chi connectivity index (χ1) is 4.50. The average molecular weight is 108 g/mol. The number of halogens is 1. The van der Waals surface area contributed by atoms with Crippen molar-refractivity contribution in [1.29, 1.82) is 0 Å². The summed E-state index contributed by atoms with van der Waals surface area (Å²) in [6.07, 6.45) is -4.32. The third-order valence-corrected chi connectivity index (χ3v) is 0.939. The van der Waals surface area contributed by atoms with Gasteiger partial charge in [0.25, 0.3) is 0 Å². The van der Waals surface area contributed by atoms with E-state index in [0.717, 1.165) is 20.8 Å². The summed E-state index contributed by atoms with van der Waals surface area (Å²) in [5.41, 5.74) is -2.46. The maximum Gasteiger partial charge on any atom is 0.107 e. The molecule has 0 fully saturated rings. The molecule has 0 aliphatic heterocycles. The first kappa shape index (κ1) is 2.47. The van der Waals surface area contributed by atoms with Gasteiger partial charge in [-0.25, -0.2) is 4.39 Å². The maximum atomic E-state index is 13.4. The predicted octanol–water partition coefficient (Wildman–Crippen LogP) is 2.53. The zero-order chi connectivity index (χ0) is 9.50. The van der Waals surface area contributed by atoms with Gasteiger partial charge < -0.3 is 0 Å². The Hall–Kier alpha value is -0.0700. The van der Waals surface area contributed by atoms with E-state index >= 15 is 0 Å². The molecule has 0 nitrogen and oxygen atoms in total. The first-order valence-corrected chi connectivity index (χ1v) is 2.19. The summed E-state index contributed by atoms with van der Waals surface area (Å²) in [6.45, 7) is 3.01.